The topological polar surface area (TPSA) is 72.9 Å². The lowest BCUT2D eigenvalue weighted by atomic mass is 9.59. The normalized spacial score (nSPS) is 34.2. The molecule has 31 heavy (non-hydrogen) atoms. The van der Waals surface area contributed by atoms with Gasteiger partial charge >= 0.3 is 0 Å². The number of aliphatic imine (C=N–C) groups is 2. The number of pyridine rings is 1. The fourth-order valence-corrected chi connectivity index (χ4v) is 6.52. The van der Waals surface area contributed by atoms with Crippen LogP contribution in [-0.4, -0.2) is 29.7 Å². The molecule has 6 heteroatoms. The number of ether oxygens (including phenoxy) is 1. The Morgan fingerprint density at radius 1 is 1.06 bits per heavy atom. The first-order valence-electron chi connectivity index (χ1n) is 11.0. The molecule has 5 rings (SSSR count). The average Bonchev–Trinajstić information content (AvgIpc) is 3.15. The second-order valence-corrected chi connectivity index (χ2v) is 9.65. The minimum Gasteiger partial charge on any atom is -0.382 e. The predicted octanol–water partition coefficient (Wildman–Crippen LogP) is 4.50. The summed E-state index contributed by atoms with van der Waals surface area (Å²) in [6.07, 6.45) is 5.98. The molecule has 2 spiro atoms. The van der Waals surface area contributed by atoms with E-state index in [1.807, 2.05) is 20.1 Å². The first-order chi connectivity index (χ1) is 14.8. The van der Waals surface area contributed by atoms with Gasteiger partial charge in [-0.1, -0.05) is 26.0 Å². The molecule has 5 atom stereocenters. The monoisotopic (exact) mass is 420 g/mol. The number of halogens is 1. The van der Waals surface area contributed by atoms with E-state index in [4.69, 9.17) is 20.5 Å². The van der Waals surface area contributed by atoms with Crippen molar-refractivity contribution in [3.63, 3.8) is 0 Å². The van der Waals surface area contributed by atoms with Gasteiger partial charge in [0.25, 0.3) is 0 Å². The quantitative estimate of drug-likeness (QED) is 0.778. The standard InChI is InChI=1S/C25H29FN4O/c1-14-9-24(10-15(2)22(14)31-4)11-18-6-5-17(19-7-20(26)13-28-12-19)8-21(18)25(24)29-16(3)23(27)30-25/h5-8,12-15,22H,9-11H2,1-4H3,(H2,27,30)/t14-,15+,22+,24+,25-/m0/s1. The fourth-order valence-electron chi connectivity index (χ4n) is 6.52. The summed E-state index contributed by atoms with van der Waals surface area (Å²) in [5.74, 6) is 0.944. The van der Waals surface area contributed by atoms with Crippen molar-refractivity contribution in [3.05, 3.63) is 53.6 Å². The van der Waals surface area contributed by atoms with E-state index in [1.165, 1.54) is 17.8 Å². The van der Waals surface area contributed by atoms with Gasteiger partial charge in [-0.3, -0.25) is 9.98 Å². The molecule has 0 bridgehead atoms. The second kappa shape index (κ2) is 6.95. The highest BCUT2D eigenvalue weighted by molar-refractivity contribution is 6.41. The maximum absolute atomic E-state index is 13.8. The summed E-state index contributed by atoms with van der Waals surface area (Å²) in [6.45, 7) is 6.47. The molecule has 1 aromatic carbocycles. The van der Waals surface area contributed by atoms with Crippen LogP contribution in [0.3, 0.4) is 0 Å². The number of benzene rings is 1. The Kier molecular flexibility index (Phi) is 4.56. The average molecular weight is 421 g/mol. The van der Waals surface area contributed by atoms with Crippen molar-refractivity contribution >= 4 is 11.5 Å². The van der Waals surface area contributed by atoms with Gasteiger partial charge < -0.3 is 10.5 Å². The van der Waals surface area contributed by atoms with E-state index < -0.39 is 5.66 Å². The summed E-state index contributed by atoms with van der Waals surface area (Å²) in [6, 6.07) is 7.84. The molecule has 5 nitrogen and oxygen atoms in total. The Balaban J connectivity index is 1.68. The minimum absolute atomic E-state index is 0.148. The summed E-state index contributed by atoms with van der Waals surface area (Å²) >= 11 is 0. The van der Waals surface area contributed by atoms with E-state index in [-0.39, 0.29) is 17.3 Å². The third-order valence-electron chi connectivity index (χ3n) is 7.59. The molecule has 0 radical (unpaired) electrons. The Bertz CT molecular complexity index is 1080. The number of fused-ring (bicyclic) bond motifs is 3. The number of aromatic nitrogens is 1. The molecule has 0 saturated heterocycles. The van der Waals surface area contributed by atoms with Crippen LogP contribution in [-0.2, 0) is 16.8 Å². The van der Waals surface area contributed by atoms with Crippen LogP contribution in [0.5, 0.6) is 0 Å². The van der Waals surface area contributed by atoms with Crippen LogP contribution in [0.1, 0.15) is 44.7 Å². The summed E-state index contributed by atoms with van der Waals surface area (Å²) in [5, 5.41) is 0. The summed E-state index contributed by atoms with van der Waals surface area (Å²) in [5.41, 5.74) is 10.2. The zero-order chi connectivity index (χ0) is 22.0. The smallest absolute Gasteiger partial charge is 0.184 e. The van der Waals surface area contributed by atoms with Crippen LogP contribution in [0.4, 0.5) is 4.39 Å². The zero-order valence-corrected chi connectivity index (χ0v) is 18.5. The van der Waals surface area contributed by atoms with Gasteiger partial charge in [-0.25, -0.2) is 9.38 Å². The number of rotatable bonds is 2. The molecule has 162 valence electrons. The molecular weight excluding hydrogens is 391 g/mol. The minimum atomic E-state index is -0.728. The van der Waals surface area contributed by atoms with Crippen LogP contribution in [0.2, 0.25) is 0 Å². The summed E-state index contributed by atoms with van der Waals surface area (Å²) in [4.78, 5) is 14.2. The molecule has 1 fully saturated rings. The van der Waals surface area contributed by atoms with Crippen molar-refractivity contribution < 1.29 is 9.13 Å². The van der Waals surface area contributed by atoms with E-state index in [9.17, 15) is 4.39 Å². The molecule has 2 N–H and O–H groups in total. The van der Waals surface area contributed by atoms with E-state index in [0.29, 0.717) is 17.7 Å². The Labute approximate surface area is 182 Å². The lowest BCUT2D eigenvalue weighted by molar-refractivity contribution is -0.0729. The summed E-state index contributed by atoms with van der Waals surface area (Å²) < 4.78 is 19.7. The number of nitrogens with two attached hydrogens (primary N) is 1. The van der Waals surface area contributed by atoms with Crippen LogP contribution in [0.25, 0.3) is 11.1 Å². The van der Waals surface area contributed by atoms with Crippen molar-refractivity contribution in [3.8, 4) is 11.1 Å². The third-order valence-corrected chi connectivity index (χ3v) is 7.59. The fraction of sp³-hybridized carbons (Fsp3) is 0.480. The van der Waals surface area contributed by atoms with Gasteiger partial charge in [-0.2, -0.15) is 0 Å². The zero-order valence-electron chi connectivity index (χ0n) is 18.5. The van der Waals surface area contributed by atoms with Gasteiger partial charge in [0.15, 0.2) is 5.66 Å². The van der Waals surface area contributed by atoms with Gasteiger partial charge in [0.2, 0.25) is 0 Å². The van der Waals surface area contributed by atoms with Gasteiger partial charge in [-0.05, 0) is 61.3 Å². The number of hydrogen-bond donors (Lipinski definition) is 1. The maximum Gasteiger partial charge on any atom is 0.184 e. The number of hydrogen-bond acceptors (Lipinski definition) is 5. The molecule has 2 aliphatic carbocycles. The highest BCUT2D eigenvalue weighted by Gasteiger charge is 2.62. The molecule has 2 heterocycles. The first-order valence-corrected chi connectivity index (χ1v) is 11.0. The molecule has 0 amide bonds. The second-order valence-electron chi connectivity index (χ2n) is 9.65. The highest BCUT2D eigenvalue weighted by atomic mass is 19.1. The van der Waals surface area contributed by atoms with Crippen molar-refractivity contribution in [2.45, 2.75) is 51.8 Å². The van der Waals surface area contributed by atoms with Gasteiger partial charge in [0.05, 0.1) is 18.0 Å². The van der Waals surface area contributed by atoms with E-state index in [1.54, 1.807) is 6.20 Å². The van der Waals surface area contributed by atoms with Crippen LogP contribution < -0.4 is 5.73 Å². The van der Waals surface area contributed by atoms with Crippen LogP contribution in [0, 0.1) is 23.1 Å². The molecule has 1 saturated carbocycles. The molecule has 0 unspecified atom stereocenters. The van der Waals surface area contributed by atoms with Gasteiger partial charge in [-0.15, -0.1) is 0 Å². The van der Waals surface area contributed by atoms with Crippen molar-refractivity contribution in [1.29, 1.82) is 0 Å². The first kappa shape index (κ1) is 20.3. The lowest BCUT2D eigenvalue weighted by Gasteiger charge is -2.49. The predicted molar refractivity (Wildman–Crippen MR) is 121 cm³/mol. The molecular formula is C25H29FN4O. The number of methoxy groups -OCH3 is 1. The largest absolute Gasteiger partial charge is 0.382 e. The molecule has 1 aromatic heterocycles. The number of amidine groups is 1. The van der Waals surface area contributed by atoms with E-state index in [0.717, 1.165) is 41.7 Å². The van der Waals surface area contributed by atoms with Crippen LogP contribution >= 0.6 is 0 Å². The number of nitrogens with zero attached hydrogens (tertiary/aromatic N) is 3. The Morgan fingerprint density at radius 3 is 2.42 bits per heavy atom. The lowest BCUT2D eigenvalue weighted by Crippen LogP contribution is -2.49. The molecule has 2 aromatic rings. The van der Waals surface area contributed by atoms with Crippen LogP contribution in [0.15, 0.2) is 46.6 Å². The van der Waals surface area contributed by atoms with Gasteiger partial charge in [0.1, 0.15) is 11.7 Å². The van der Waals surface area contributed by atoms with Gasteiger partial charge in [0, 0.05) is 29.8 Å². The maximum atomic E-state index is 13.8. The molecule has 1 aliphatic heterocycles. The Morgan fingerprint density at radius 2 is 1.81 bits per heavy atom. The van der Waals surface area contributed by atoms with E-state index in [2.05, 4.69) is 31.0 Å². The third kappa shape index (κ3) is 2.88. The van der Waals surface area contributed by atoms with Crippen molar-refractivity contribution in [1.82, 2.24) is 4.98 Å². The highest BCUT2D eigenvalue weighted by Crippen LogP contribution is 2.63. The van der Waals surface area contributed by atoms with E-state index >= 15 is 0 Å². The Hall–Kier alpha value is -2.60. The molecule has 3 aliphatic rings. The SMILES string of the molecule is CO[C@H]1[C@H](C)C[C@@]2(Cc3ccc(-c4cncc(F)c4)cc3[C@@]23N=C(C)C(N)=N3)C[C@@H]1C. The summed E-state index contributed by atoms with van der Waals surface area (Å²) in [7, 11) is 1.81. The van der Waals surface area contributed by atoms with Crippen molar-refractivity contribution in [2.24, 2.45) is 33.0 Å². The van der Waals surface area contributed by atoms with Crippen molar-refractivity contribution in [2.75, 3.05) is 7.11 Å².